The van der Waals surface area contributed by atoms with E-state index in [1.807, 2.05) is 6.92 Å². The van der Waals surface area contributed by atoms with Gasteiger partial charge in [-0.1, -0.05) is 6.92 Å². The average molecular weight is 229 g/mol. The van der Waals surface area contributed by atoms with Crippen LogP contribution in [-0.2, 0) is 4.79 Å². The van der Waals surface area contributed by atoms with Crippen molar-refractivity contribution in [2.75, 3.05) is 5.32 Å². The van der Waals surface area contributed by atoms with Crippen LogP contribution in [-0.4, -0.2) is 10.9 Å². The van der Waals surface area contributed by atoms with Gasteiger partial charge in [0.2, 0.25) is 5.91 Å². The van der Waals surface area contributed by atoms with Gasteiger partial charge >= 0.3 is 0 Å². The van der Waals surface area contributed by atoms with E-state index in [2.05, 4.69) is 23.3 Å². The van der Waals surface area contributed by atoms with Crippen molar-refractivity contribution in [3.63, 3.8) is 0 Å². The monoisotopic (exact) mass is 229 g/mol. The molecule has 0 bridgehead atoms. The Balaban J connectivity index is 2.10. The van der Waals surface area contributed by atoms with Crippen LogP contribution in [0.15, 0.2) is 18.3 Å². The third kappa shape index (κ3) is 2.14. The average Bonchev–Trinajstić information content (AvgIpc) is 2.24. The fourth-order valence-corrected chi connectivity index (χ4v) is 2.33. The maximum Gasteiger partial charge on any atom is 0.244 e. The predicted molar refractivity (Wildman–Crippen MR) is 64.0 cm³/mol. The van der Waals surface area contributed by atoms with Crippen molar-refractivity contribution >= 4 is 11.6 Å². The molecule has 1 amide bonds. The highest BCUT2D eigenvalue weighted by molar-refractivity contribution is 5.97. The lowest BCUT2D eigenvalue weighted by Gasteiger charge is -2.39. The van der Waals surface area contributed by atoms with Crippen molar-refractivity contribution in [3.8, 4) is 6.07 Å². The summed E-state index contributed by atoms with van der Waals surface area (Å²) in [5.41, 5.74) is 0.726. The number of pyridine rings is 1. The van der Waals surface area contributed by atoms with E-state index in [4.69, 9.17) is 5.26 Å². The number of hydrogen-bond acceptors (Lipinski definition) is 3. The molecule has 4 nitrogen and oxygen atoms in total. The van der Waals surface area contributed by atoms with E-state index in [9.17, 15) is 4.79 Å². The van der Waals surface area contributed by atoms with Gasteiger partial charge in [-0.05, 0) is 37.8 Å². The number of anilines is 1. The number of nitrogens with one attached hydrogen (secondary N) is 1. The van der Waals surface area contributed by atoms with Gasteiger partial charge in [-0.15, -0.1) is 0 Å². The molecule has 0 spiro atoms. The summed E-state index contributed by atoms with van der Waals surface area (Å²) in [7, 11) is 0. The molecule has 4 heteroatoms. The minimum absolute atomic E-state index is 0.191. The molecule has 1 aromatic heterocycles. The minimum atomic E-state index is -0.823. The Morgan fingerprint density at radius 1 is 1.65 bits per heavy atom. The highest BCUT2D eigenvalue weighted by Crippen LogP contribution is 2.45. The van der Waals surface area contributed by atoms with Gasteiger partial charge in [0, 0.05) is 17.6 Å². The Morgan fingerprint density at radius 2 is 2.35 bits per heavy atom. The maximum absolute atomic E-state index is 12.1. The molecule has 1 saturated carbocycles. The lowest BCUT2D eigenvalue weighted by atomic mass is 9.63. The van der Waals surface area contributed by atoms with Gasteiger partial charge in [0.25, 0.3) is 0 Å². The van der Waals surface area contributed by atoms with E-state index in [0.29, 0.717) is 24.4 Å². The first-order chi connectivity index (χ1) is 8.05. The van der Waals surface area contributed by atoms with Crippen molar-refractivity contribution in [2.45, 2.75) is 26.7 Å². The van der Waals surface area contributed by atoms with Crippen LogP contribution in [0.5, 0.6) is 0 Å². The zero-order valence-corrected chi connectivity index (χ0v) is 10.0. The number of amides is 1. The minimum Gasteiger partial charge on any atom is -0.325 e. The van der Waals surface area contributed by atoms with E-state index in [1.165, 1.54) is 0 Å². The van der Waals surface area contributed by atoms with E-state index < -0.39 is 5.41 Å². The van der Waals surface area contributed by atoms with E-state index in [1.54, 1.807) is 18.3 Å². The standard InChI is InChI=1S/C13H15N3O/c1-9-6-13(7-9,8-14)12(17)16-11-3-4-15-10(2)5-11/h3-5,9H,6-7H2,1-2H3,(H,15,16,17). The number of nitriles is 1. The second-order valence-electron chi connectivity index (χ2n) is 4.85. The Kier molecular flexibility index (Phi) is 2.84. The van der Waals surface area contributed by atoms with E-state index >= 15 is 0 Å². The largest absolute Gasteiger partial charge is 0.325 e. The summed E-state index contributed by atoms with van der Waals surface area (Å²) in [5.74, 6) is 0.267. The fraction of sp³-hybridized carbons (Fsp3) is 0.462. The van der Waals surface area contributed by atoms with Crippen molar-refractivity contribution < 1.29 is 4.79 Å². The van der Waals surface area contributed by atoms with Gasteiger partial charge in [-0.3, -0.25) is 9.78 Å². The number of aryl methyl sites for hydroxylation is 1. The molecule has 1 heterocycles. The van der Waals surface area contributed by atoms with Crippen LogP contribution in [0.25, 0.3) is 0 Å². The molecule has 88 valence electrons. The SMILES string of the molecule is Cc1cc(NC(=O)C2(C#N)CC(C)C2)ccn1. The first-order valence-electron chi connectivity index (χ1n) is 5.71. The molecule has 17 heavy (non-hydrogen) atoms. The second-order valence-corrected chi connectivity index (χ2v) is 4.85. The Labute approximate surface area is 101 Å². The number of rotatable bonds is 2. The maximum atomic E-state index is 12.1. The highest BCUT2D eigenvalue weighted by atomic mass is 16.2. The van der Waals surface area contributed by atoms with Crippen LogP contribution in [0.4, 0.5) is 5.69 Å². The van der Waals surface area contributed by atoms with Gasteiger partial charge in [0.1, 0.15) is 5.41 Å². The Hall–Kier alpha value is -1.89. The van der Waals surface area contributed by atoms with Gasteiger partial charge in [0.05, 0.1) is 6.07 Å². The highest BCUT2D eigenvalue weighted by Gasteiger charge is 2.48. The molecule has 0 aromatic carbocycles. The van der Waals surface area contributed by atoms with Crippen LogP contribution < -0.4 is 5.32 Å². The number of aromatic nitrogens is 1. The molecule has 0 radical (unpaired) electrons. The van der Waals surface area contributed by atoms with Crippen molar-refractivity contribution in [3.05, 3.63) is 24.0 Å². The van der Waals surface area contributed by atoms with Crippen LogP contribution in [0.1, 0.15) is 25.5 Å². The quantitative estimate of drug-likeness (QED) is 0.846. The third-order valence-electron chi connectivity index (χ3n) is 3.20. The molecule has 0 aliphatic heterocycles. The summed E-state index contributed by atoms with van der Waals surface area (Å²) in [6.07, 6.45) is 2.95. The topological polar surface area (TPSA) is 65.8 Å². The fourth-order valence-electron chi connectivity index (χ4n) is 2.33. The molecular weight excluding hydrogens is 214 g/mol. The summed E-state index contributed by atoms with van der Waals surface area (Å²) >= 11 is 0. The molecule has 1 N–H and O–H groups in total. The smallest absolute Gasteiger partial charge is 0.244 e. The summed E-state index contributed by atoms with van der Waals surface area (Å²) in [6, 6.07) is 5.68. The van der Waals surface area contributed by atoms with Crippen LogP contribution in [0.2, 0.25) is 0 Å². The molecular formula is C13H15N3O. The van der Waals surface area contributed by atoms with E-state index in [-0.39, 0.29) is 5.91 Å². The molecule has 1 aliphatic rings. The van der Waals surface area contributed by atoms with Crippen LogP contribution in [0.3, 0.4) is 0 Å². The molecule has 1 aromatic rings. The van der Waals surface area contributed by atoms with Gasteiger partial charge < -0.3 is 5.32 Å². The second kappa shape index (κ2) is 4.17. The normalized spacial score (nSPS) is 26.8. The predicted octanol–water partition coefficient (Wildman–Crippen LogP) is 2.27. The zero-order valence-electron chi connectivity index (χ0n) is 10.0. The van der Waals surface area contributed by atoms with Gasteiger partial charge in [0.15, 0.2) is 0 Å². The molecule has 1 fully saturated rings. The Morgan fingerprint density at radius 3 is 2.88 bits per heavy atom. The number of hydrogen-bond donors (Lipinski definition) is 1. The molecule has 0 atom stereocenters. The molecule has 0 saturated heterocycles. The van der Waals surface area contributed by atoms with Crippen molar-refractivity contribution in [1.29, 1.82) is 5.26 Å². The van der Waals surface area contributed by atoms with Crippen LogP contribution >= 0.6 is 0 Å². The summed E-state index contributed by atoms with van der Waals surface area (Å²) < 4.78 is 0. The number of carbonyl (C=O) groups excluding carboxylic acids is 1. The van der Waals surface area contributed by atoms with E-state index in [0.717, 1.165) is 5.69 Å². The number of carbonyl (C=O) groups is 1. The zero-order chi connectivity index (χ0) is 12.5. The number of nitrogens with zero attached hydrogens (tertiary/aromatic N) is 2. The van der Waals surface area contributed by atoms with Crippen LogP contribution in [0, 0.1) is 29.6 Å². The first-order valence-corrected chi connectivity index (χ1v) is 5.71. The summed E-state index contributed by atoms with van der Waals surface area (Å²) in [5, 5.41) is 11.9. The summed E-state index contributed by atoms with van der Waals surface area (Å²) in [6.45, 7) is 3.92. The van der Waals surface area contributed by atoms with Gasteiger partial charge in [-0.25, -0.2) is 0 Å². The third-order valence-corrected chi connectivity index (χ3v) is 3.20. The Bertz CT molecular complexity index is 484. The molecule has 1 aliphatic carbocycles. The first kappa shape index (κ1) is 11.6. The molecule has 0 unspecified atom stereocenters. The summed E-state index contributed by atoms with van der Waals surface area (Å²) in [4.78, 5) is 16.1. The lowest BCUT2D eigenvalue weighted by molar-refractivity contribution is -0.128. The molecule has 2 rings (SSSR count). The van der Waals surface area contributed by atoms with Crippen molar-refractivity contribution in [1.82, 2.24) is 4.98 Å². The van der Waals surface area contributed by atoms with Gasteiger partial charge in [-0.2, -0.15) is 5.26 Å². The lowest BCUT2D eigenvalue weighted by Crippen LogP contribution is -2.45. The van der Waals surface area contributed by atoms with Crippen molar-refractivity contribution in [2.24, 2.45) is 11.3 Å².